The largest absolute Gasteiger partial charge is 0.408 e. The molecule has 0 saturated heterocycles. The van der Waals surface area contributed by atoms with E-state index in [0.717, 1.165) is 10.9 Å². The van der Waals surface area contributed by atoms with E-state index in [0.29, 0.717) is 0 Å². The molecule has 1 heterocycles. The molecule has 5 nitrogen and oxygen atoms in total. The quantitative estimate of drug-likeness (QED) is 0.488. The Bertz CT molecular complexity index is 408. The van der Waals surface area contributed by atoms with Gasteiger partial charge in [-0.25, -0.2) is 0 Å². The summed E-state index contributed by atoms with van der Waals surface area (Å²) < 4.78 is 37.2. The molecule has 0 aliphatic carbocycles. The van der Waals surface area contributed by atoms with Gasteiger partial charge in [-0.05, 0) is 4.92 Å². The lowest BCUT2D eigenvalue weighted by molar-refractivity contribution is -0.389. The number of nitrogens with zero attached hydrogens (tertiary/aromatic N) is 3. The van der Waals surface area contributed by atoms with E-state index in [1.807, 2.05) is 0 Å². The van der Waals surface area contributed by atoms with Crippen LogP contribution in [-0.4, -0.2) is 25.7 Å². The van der Waals surface area contributed by atoms with Crippen LogP contribution in [0.25, 0.3) is 0 Å². The van der Waals surface area contributed by atoms with Gasteiger partial charge in [-0.2, -0.15) is 17.9 Å². The highest BCUT2D eigenvalue weighted by atomic mass is 79.9. The second-order valence-electron chi connectivity index (χ2n) is 2.79. The van der Waals surface area contributed by atoms with Crippen molar-refractivity contribution < 1.29 is 18.1 Å². The highest BCUT2D eigenvalue weighted by molar-refractivity contribution is 9.09. The number of rotatable bonds is 3. The van der Waals surface area contributed by atoms with Gasteiger partial charge in [-0.3, -0.25) is 0 Å². The fourth-order valence-electron chi connectivity index (χ4n) is 0.872. The first-order valence-corrected chi connectivity index (χ1v) is 5.09. The van der Waals surface area contributed by atoms with Crippen LogP contribution < -0.4 is 0 Å². The third-order valence-corrected chi connectivity index (χ3v) is 2.65. The molecule has 0 bridgehead atoms. The van der Waals surface area contributed by atoms with Crippen molar-refractivity contribution in [2.75, 3.05) is 0 Å². The standard InChI is InChI=1S/C6H4BrClF3N3O2/c7-4(6(9,10)11)2-13-1-3(8)5(12-13)14(15)16/h1,4H,2H2. The van der Waals surface area contributed by atoms with Crippen molar-refractivity contribution in [2.24, 2.45) is 0 Å². The van der Waals surface area contributed by atoms with Crippen LogP contribution in [-0.2, 0) is 6.54 Å². The molecule has 1 unspecified atom stereocenters. The summed E-state index contributed by atoms with van der Waals surface area (Å²) in [6, 6.07) is 0. The van der Waals surface area contributed by atoms with Crippen LogP contribution >= 0.6 is 27.5 Å². The Labute approximate surface area is 100 Å². The van der Waals surface area contributed by atoms with Gasteiger partial charge >= 0.3 is 12.0 Å². The van der Waals surface area contributed by atoms with Gasteiger partial charge in [-0.15, -0.1) is 0 Å². The Morgan fingerprint density at radius 1 is 1.69 bits per heavy atom. The molecule has 0 aliphatic rings. The Morgan fingerprint density at radius 2 is 2.25 bits per heavy atom. The van der Waals surface area contributed by atoms with Crippen LogP contribution in [0.2, 0.25) is 5.02 Å². The minimum absolute atomic E-state index is 0.299. The molecule has 1 atom stereocenters. The van der Waals surface area contributed by atoms with E-state index in [2.05, 4.69) is 21.0 Å². The Balaban J connectivity index is 2.84. The summed E-state index contributed by atoms with van der Waals surface area (Å²) in [5, 5.41) is 13.3. The van der Waals surface area contributed by atoms with E-state index in [4.69, 9.17) is 11.6 Å². The Kier molecular flexibility index (Phi) is 3.79. The predicted octanol–water partition coefficient (Wildman–Crippen LogP) is 2.77. The molecule has 10 heteroatoms. The maximum Gasteiger partial charge on any atom is 0.408 e. The number of halogens is 5. The molecule has 1 aromatic heterocycles. The van der Waals surface area contributed by atoms with Crippen LogP contribution in [0.1, 0.15) is 0 Å². The molecule has 0 amide bonds. The van der Waals surface area contributed by atoms with Gasteiger partial charge in [0.1, 0.15) is 4.83 Å². The zero-order valence-electron chi connectivity index (χ0n) is 7.41. The van der Waals surface area contributed by atoms with Gasteiger partial charge in [0.25, 0.3) is 0 Å². The predicted molar refractivity (Wildman–Crippen MR) is 52.7 cm³/mol. The Hall–Kier alpha value is -0.830. The molecular weight excluding hydrogens is 318 g/mol. The lowest BCUT2D eigenvalue weighted by Crippen LogP contribution is -2.27. The summed E-state index contributed by atoms with van der Waals surface area (Å²) >= 11 is 7.82. The molecule has 0 saturated carbocycles. The van der Waals surface area contributed by atoms with Gasteiger partial charge in [0.05, 0.1) is 17.8 Å². The van der Waals surface area contributed by atoms with Crippen LogP contribution in [0.5, 0.6) is 0 Å². The lowest BCUT2D eigenvalue weighted by atomic mass is 10.4. The number of hydrogen-bond acceptors (Lipinski definition) is 3. The zero-order valence-corrected chi connectivity index (χ0v) is 9.75. The van der Waals surface area contributed by atoms with Gasteiger partial charge < -0.3 is 10.1 Å². The molecule has 1 aromatic rings. The second-order valence-corrected chi connectivity index (χ2v) is 4.30. The van der Waals surface area contributed by atoms with Crippen molar-refractivity contribution in [3.8, 4) is 0 Å². The van der Waals surface area contributed by atoms with Gasteiger partial charge in [-0.1, -0.05) is 27.5 Å². The third-order valence-electron chi connectivity index (χ3n) is 1.57. The molecule has 0 spiro atoms. The minimum Gasteiger partial charge on any atom is -0.358 e. The van der Waals surface area contributed by atoms with E-state index >= 15 is 0 Å². The number of aromatic nitrogens is 2. The normalized spacial score (nSPS) is 13.8. The third kappa shape index (κ3) is 3.08. The van der Waals surface area contributed by atoms with E-state index in [1.54, 1.807) is 0 Å². The summed E-state index contributed by atoms with van der Waals surface area (Å²) in [5.41, 5.74) is 0. The molecule has 1 rings (SSSR count). The van der Waals surface area contributed by atoms with Crippen molar-refractivity contribution in [1.29, 1.82) is 0 Å². The van der Waals surface area contributed by atoms with Crippen LogP contribution in [0, 0.1) is 10.1 Å². The topological polar surface area (TPSA) is 61.0 Å². The van der Waals surface area contributed by atoms with Crippen LogP contribution in [0.4, 0.5) is 19.0 Å². The average molecular weight is 322 g/mol. The van der Waals surface area contributed by atoms with Gasteiger partial charge in [0.15, 0.2) is 5.02 Å². The highest BCUT2D eigenvalue weighted by Gasteiger charge is 2.39. The van der Waals surface area contributed by atoms with Crippen molar-refractivity contribution in [3.05, 3.63) is 21.3 Å². The fraction of sp³-hybridized carbons (Fsp3) is 0.500. The molecule has 16 heavy (non-hydrogen) atoms. The number of nitro groups is 1. The van der Waals surface area contributed by atoms with E-state index < -0.39 is 28.3 Å². The van der Waals surface area contributed by atoms with Crippen molar-refractivity contribution in [2.45, 2.75) is 17.5 Å². The number of hydrogen-bond donors (Lipinski definition) is 0. The van der Waals surface area contributed by atoms with Gasteiger partial charge in [0.2, 0.25) is 0 Å². The van der Waals surface area contributed by atoms with E-state index in [1.165, 1.54) is 0 Å². The van der Waals surface area contributed by atoms with Crippen molar-refractivity contribution >= 4 is 33.3 Å². The van der Waals surface area contributed by atoms with Crippen molar-refractivity contribution in [1.82, 2.24) is 9.78 Å². The SMILES string of the molecule is O=[N+]([O-])c1nn(CC(Br)C(F)(F)F)cc1Cl. The maximum atomic E-state index is 12.1. The first-order chi connectivity index (χ1) is 7.21. The van der Waals surface area contributed by atoms with Gasteiger partial charge in [0, 0.05) is 0 Å². The molecular formula is C6H4BrClF3N3O2. The lowest BCUT2D eigenvalue weighted by Gasteiger charge is -2.11. The van der Waals surface area contributed by atoms with E-state index in [9.17, 15) is 23.3 Å². The first kappa shape index (κ1) is 13.2. The summed E-state index contributed by atoms with van der Waals surface area (Å²) in [5.74, 6) is -0.663. The summed E-state index contributed by atoms with van der Waals surface area (Å²) in [6.07, 6.45) is -3.48. The second kappa shape index (κ2) is 4.58. The van der Waals surface area contributed by atoms with Crippen LogP contribution in [0.15, 0.2) is 6.20 Å². The minimum atomic E-state index is -4.45. The van der Waals surface area contributed by atoms with E-state index in [-0.39, 0.29) is 5.02 Å². The molecule has 0 aromatic carbocycles. The van der Waals surface area contributed by atoms with Crippen molar-refractivity contribution in [3.63, 3.8) is 0 Å². The Morgan fingerprint density at radius 3 is 2.62 bits per heavy atom. The molecule has 0 radical (unpaired) electrons. The summed E-state index contributed by atoms with van der Waals surface area (Å²) in [4.78, 5) is 7.63. The fourth-order valence-corrected chi connectivity index (χ4v) is 1.39. The zero-order chi connectivity index (χ0) is 12.5. The maximum absolute atomic E-state index is 12.1. The highest BCUT2D eigenvalue weighted by Crippen LogP contribution is 2.29. The first-order valence-electron chi connectivity index (χ1n) is 3.80. The molecule has 90 valence electrons. The smallest absolute Gasteiger partial charge is 0.358 e. The molecule has 0 aliphatic heterocycles. The molecule has 0 fully saturated rings. The summed E-state index contributed by atoms with van der Waals surface area (Å²) in [6.45, 7) is -0.586. The van der Waals surface area contributed by atoms with Crippen LogP contribution in [0.3, 0.4) is 0 Å². The monoisotopic (exact) mass is 321 g/mol. The average Bonchev–Trinajstić information content (AvgIpc) is 2.45. The summed E-state index contributed by atoms with van der Waals surface area (Å²) in [7, 11) is 0. The number of alkyl halides is 4. The molecule has 0 N–H and O–H groups in total.